The first-order valence-corrected chi connectivity index (χ1v) is 5.38. The summed E-state index contributed by atoms with van der Waals surface area (Å²) < 4.78 is 0. The maximum Gasteiger partial charge on any atom is 0.307 e. The lowest BCUT2D eigenvalue weighted by Crippen LogP contribution is -2.29. The van der Waals surface area contributed by atoms with Crippen LogP contribution in [0.1, 0.15) is 19.5 Å². The Morgan fingerprint density at radius 1 is 1.29 bits per heavy atom. The van der Waals surface area contributed by atoms with E-state index in [4.69, 9.17) is 5.11 Å². The number of pyridine rings is 1. The Morgan fingerprint density at radius 2 is 1.94 bits per heavy atom. The van der Waals surface area contributed by atoms with Crippen molar-refractivity contribution < 1.29 is 14.7 Å². The number of amides is 1. The lowest BCUT2D eigenvalue weighted by molar-refractivity contribution is -0.145. The van der Waals surface area contributed by atoms with Crippen molar-refractivity contribution in [1.82, 2.24) is 4.98 Å². The van der Waals surface area contributed by atoms with E-state index in [9.17, 15) is 9.59 Å². The minimum Gasteiger partial charge on any atom is -0.481 e. The normalized spacial score (nSPS) is 13.8. The molecule has 17 heavy (non-hydrogen) atoms. The Balaban J connectivity index is 2.66. The molecule has 0 saturated heterocycles. The molecule has 0 aliphatic carbocycles. The van der Waals surface area contributed by atoms with E-state index in [-0.39, 0.29) is 5.91 Å². The Morgan fingerprint density at radius 3 is 2.41 bits per heavy atom. The Kier molecular flexibility index (Phi) is 4.20. The van der Waals surface area contributed by atoms with Crippen LogP contribution in [0.4, 0.5) is 5.69 Å². The minimum atomic E-state index is -0.977. The number of rotatable bonds is 4. The molecule has 0 bridgehead atoms. The van der Waals surface area contributed by atoms with E-state index in [1.165, 1.54) is 6.92 Å². The van der Waals surface area contributed by atoms with Crippen molar-refractivity contribution in [2.75, 3.05) is 5.32 Å². The third-order valence-corrected chi connectivity index (χ3v) is 2.73. The summed E-state index contributed by atoms with van der Waals surface area (Å²) in [5.41, 5.74) is 1.43. The Labute approximate surface area is 99.9 Å². The van der Waals surface area contributed by atoms with Gasteiger partial charge in [0.05, 0.1) is 17.8 Å². The van der Waals surface area contributed by atoms with Gasteiger partial charge in [-0.25, -0.2) is 0 Å². The fraction of sp³-hybridized carbons (Fsp3) is 0.417. The lowest BCUT2D eigenvalue weighted by Gasteiger charge is -2.15. The van der Waals surface area contributed by atoms with Crippen LogP contribution in [0, 0.1) is 18.8 Å². The molecule has 5 heteroatoms. The van der Waals surface area contributed by atoms with Crippen LogP contribution in [0.25, 0.3) is 0 Å². The number of carboxylic acid groups (broad SMARTS) is 1. The van der Waals surface area contributed by atoms with Crippen molar-refractivity contribution in [2.45, 2.75) is 20.8 Å². The number of carboxylic acids is 1. The first-order chi connectivity index (χ1) is 7.91. The van der Waals surface area contributed by atoms with Gasteiger partial charge in [0.15, 0.2) is 0 Å². The summed E-state index contributed by atoms with van der Waals surface area (Å²) in [7, 11) is 0. The highest BCUT2D eigenvalue weighted by Gasteiger charge is 2.25. The van der Waals surface area contributed by atoms with Gasteiger partial charge in [0.25, 0.3) is 0 Å². The van der Waals surface area contributed by atoms with E-state index in [1.807, 2.05) is 6.92 Å². The van der Waals surface area contributed by atoms with E-state index < -0.39 is 17.8 Å². The molecule has 0 aliphatic rings. The lowest BCUT2D eigenvalue weighted by atomic mass is 9.95. The average molecular weight is 236 g/mol. The zero-order valence-corrected chi connectivity index (χ0v) is 10.1. The van der Waals surface area contributed by atoms with Gasteiger partial charge in [-0.2, -0.15) is 0 Å². The van der Waals surface area contributed by atoms with Gasteiger partial charge in [-0.3, -0.25) is 14.6 Å². The molecule has 1 heterocycles. The van der Waals surface area contributed by atoms with E-state index in [0.29, 0.717) is 5.69 Å². The molecule has 1 rings (SSSR count). The molecule has 2 atom stereocenters. The largest absolute Gasteiger partial charge is 0.481 e. The van der Waals surface area contributed by atoms with Crippen molar-refractivity contribution in [3.8, 4) is 0 Å². The van der Waals surface area contributed by atoms with E-state index >= 15 is 0 Å². The average Bonchev–Trinajstić information content (AvgIpc) is 2.30. The van der Waals surface area contributed by atoms with Crippen molar-refractivity contribution in [1.29, 1.82) is 0 Å². The van der Waals surface area contributed by atoms with Crippen LogP contribution in [-0.4, -0.2) is 22.0 Å². The summed E-state index contributed by atoms with van der Waals surface area (Å²) in [6.45, 7) is 4.95. The van der Waals surface area contributed by atoms with Crippen LogP contribution >= 0.6 is 0 Å². The van der Waals surface area contributed by atoms with Gasteiger partial charge in [-0.1, -0.05) is 13.8 Å². The molecule has 5 nitrogen and oxygen atoms in total. The maximum atomic E-state index is 11.7. The smallest absolute Gasteiger partial charge is 0.307 e. The highest BCUT2D eigenvalue weighted by molar-refractivity contribution is 5.94. The minimum absolute atomic E-state index is 0.314. The molecule has 0 spiro atoms. The number of anilines is 1. The predicted molar refractivity (Wildman–Crippen MR) is 63.6 cm³/mol. The summed E-state index contributed by atoms with van der Waals surface area (Å²) in [5.74, 6) is -2.59. The molecule has 1 aromatic rings. The van der Waals surface area contributed by atoms with Crippen LogP contribution in [0.3, 0.4) is 0 Å². The second kappa shape index (κ2) is 5.43. The number of carbonyl (C=O) groups is 2. The quantitative estimate of drug-likeness (QED) is 0.833. The van der Waals surface area contributed by atoms with Gasteiger partial charge >= 0.3 is 5.97 Å². The number of aromatic nitrogens is 1. The monoisotopic (exact) mass is 236 g/mol. The number of carbonyl (C=O) groups excluding carboxylic acids is 1. The third-order valence-electron chi connectivity index (χ3n) is 2.73. The molecular weight excluding hydrogens is 220 g/mol. The number of aliphatic carboxylic acids is 1. The second-order valence-electron chi connectivity index (χ2n) is 4.09. The van der Waals surface area contributed by atoms with Gasteiger partial charge in [0.2, 0.25) is 5.91 Å². The number of aryl methyl sites for hydroxylation is 1. The summed E-state index contributed by atoms with van der Waals surface area (Å²) in [6, 6.07) is 3.51. The Bertz CT molecular complexity index is 414. The zero-order valence-electron chi connectivity index (χ0n) is 10.1. The molecule has 0 saturated carbocycles. The second-order valence-corrected chi connectivity index (χ2v) is 4.09. The highest BCUT2D eigenvalue weighted by Crippen LogP contribution is 2.14. The van der Waals surface area contributed by atoms with Crippen LogP contribution < -0.4 is 5.32 Å². The first kappa shape index (κ1) is 13.2. The fourth-order valence-corrected chi connectivity index (χ4v) is 1.24. The van der Waals surface area contributed by atoms with Gasteiger partial charge in [-0.15, -0.1) is 0 Å². The molecule has 2 unspecified atom stereocenters. The van der Waals surface area contributed by atoms with Crippen molar-refractivity contribution in [3.05, 3.63) is 24.0 Å². The molecule has 0 radical (unpaired) electrons. The molecule has 0 fully saturated rings. The molecule has 1 amide bonds. The van der Waals surface area contributed by atoms with E-state index in [1.54, 1.807) is 25.3 Å². The summed E-state index contributed by atoms with van der Waals surface area (Å²) >= 11 is 0. The number of hydrogen-bond acceptors (Lipinski definition) is 3. The van der Waals surface area contributed by atoms with Crippen LogP contribution in [0.5, 0.6) is 0 Å². The van der Waals surface area contributed by atoms with Gasteiger partial charge in [0, 0.05) is 11.6 Å². The van der Waals surface area contributed by atoms with Crippen molar-refractivity contribution in [3.63, 3.8) is 0 Å². The number of hydrogen-bond donors (Lipinski definition) is 2. The fourth-order valence-electron chi connectivity index (χ4n) is 1.24. The molecule has 92 valence electrons. The third kappa shape index (κ3) is 3.55. The standard InChI is InChI=1S/C12H16N2O3/c1-7-4-5-10(6-13-7)14-11(15)8(2)9(3)12(16)17/h4-6,8-9H,1-3H3,(H,14,15)(H,16,17). The molecule has 0 aromatic carbocycles. The Hall–Kier alpha value is -1.91. The van der Waals surface area contributed by atoms with Gasteiger partial charge in [0.1, 0.15) is 0 Å². The van der Waals surface area contributed by atoms with Crippen molar-refractivity contribution >= 4 is 17.6 Å². The maximum absolute atomic E-state index is 11.7. The molecule has 0 aliphatic heterocycles. The zero-order chi connectivity index (χ0) is 13.0. The highest BCUT2D eigenvalue weighted by atomic mass is 16.4. The predicted octanol–water partition coefficient (Wildman–Crippen LogP) is 1.69. The van der Waals surface area contributed by atoms with Gasteiger partial charge < -0.3 is 10.4 Å². The van der Waals surface area contributed by atoms with Crippen LogP contribution in [0.15, 0.2) is 18.3 Å². The summed E-state index contributed by atoms with van der Waals surface area (Å²) in [4.78, 5) is 26.5. The summed E-state index contributed by atoms with van der Waals surface area (Å²) in [6.07, 6.45) is 1.55. The van der Waals surface area contributed by atoms with Gasteiger partial charge in [-0.05, 0) is 19.1 Å². The molecule has 1 aromatic heterocycles. The van der Waals surface area contributed by atoms with E-state index in [0.717, 1.165) is 5.69 Å². The first-order valence-electron chi connectivity index (χ1n) is 5.38. The topological polar surface area (TPSA) is 79.3 Å². The molecule has 2 N–H and O–H groups in total. The van der Waals surface area contributed by atoms with Crippen LogP contribution in [0.2, 0.25) is 0 Å². The number of nitrogens with one attached hydrogen (secondary N) is 1. The van der Waals surface area contributed by atoms with Crippen LogP contribution in [-0.2, 0) is 9.59 Å². The number of nitrogens with zero attached hydrogens (tertiary/aromatic N) is 1. The SMILES string of the molecule is Cc1ccc(NC(=O)C(C)C(C)C(=O)O)cn1. The molecular formula is C12H16N2O3. The van der Waals surface area contributed by atoms with Crippen molar-refractivity contribution in [2.24, 2.45) is 11.8 Å². The summed E-state index contributed by atoms with van der Waals surface area (Å²) in [5, 5.41) is 11.5. The van der Waals surface area contributed by atoms with E-state index in [2.05, 4.69) is 10.3 Å².